The molecular formula is C21H21N3O2. The summed E-state index contributed by atoms with van der Waals surface area (Å²) in [6.07, 6.45) is 1.62. The highest BCUT2D eigenvalue weighted by atomic mass is 16.5. The summed E-state index contributed by atoms with van der Waals surface area (Å²) in [6, 6.07) is 21.2. The molecule has 132 valence electrons. The number of nitrogens with zero attached hydrogens (tertiary/aromatic N) is 1. The van der Waals surface area contributed by atoms with Gasteiger partial charge in [0.15, 0.2) is 6.61 Å². The second kappa shape index (κ2) is 8.67. The van der Waals surface area contributed by atoms with Gasteiger partial charge in [-0.15, -0.1) is 0 Å². The van der Waals surface area contributed by atoms with Gasteiger partial charge in [0.25, 0.3) is 5.91 Å². The fraction of sp³-hybridized carbons (Fsp3) is 0.143. The number of amides is 1. The van der Waals surface area contributed by atoms with Gasteiger partial charge >= 0.3 is 0 Å². The largest absolute Gasteiger partial charge is 0.484 e. The first-order chi connectivity index (χ1) is 12.7. The lowest BCUT2D eigenvalue weighted by molar-refractivity contribution is -0.118. The smallest absolute Gasteiger partial charge is 0.262 e. The maximum atomic E-state index is 11.9. The van der Waals surface area contributed by atoms with Crippen LogP contribution in [-0.4, -0.2) is 17.5 Å². The van der Waals surface area contributed by atoms with Crippen LogP contribution >= 0.6 is 0 Å². The summed E-state index contributed by atoms with van der Waals surface area (Å²) in [5.41, 5.74) is 3.06. The van der Waals surface area contributed by atoms with Gasteiger partial charge in [-0.2, -0.15) is 0 Å². The molecule has 0 aliphatic carbocycles. The van der Waals surface area contributed by atoms with E-state index in [1.54, 1.807) is 6.20 Å². The number of carbonyl (C=O) groups excluding carboxylic acids is 1. The third kappa shape index (κ3) is 5.34. The first kappa shape index (κ1) is 17.5. The summed E-state index contributed by atoms with van der Waals surface area (Å²) in [4.78, 5) is 16.2. The minimum Gasteiger partial charge on any atom is -0.484 e. The number of pyridine rings is 1. The monoisotopic (exact) mass is 347 g/mol. The second-order valence-corrected chi connectivity index (χ2v) is 5.92. The number of para-hydroxylation sites is 1. The van der Waals surface area contributed by atoms with E-state index in [1.165, 1.54) is 11.1 Å². The van der Waals surface area contributed by atoms with Crippen LogP contribution in [0.4, 0.5) is 11.5 Å². The van der Waals surface area contributed by atoms with Gasteiger partial charge in [0.05, 0.1) is 11.9 Å². The molecule has 2 aromatic carbocycles. The van der Waals surface area contributed by atoms with Crippen LogP contribution < -0.4 is 15.4 Å². The van der Waals surface area contributed by atoms with Crippen LogP contribution in [0.25, 0.3) is 0 Å². The van der Waals surface area contributed by atoms with Crippen molar-refractivity contribution in [3.8, 4) is 5.75 Å². The van der Waals surface area contributed by atoms with Crippen molar-refractivity contribution in [2.24, 2.45) is 0 Å². The number of aromatic nitrogens is 1. The summed E-state index contributed by atoms with van der Waals surface area (Å²) >= 11 is 0. The van der Waals surface area contributed by atoms with E-state index in [1.807, 2.05) is 42.5 Å². The van der Waals surface area contributed by atoms with Crippen molar-refractivity contribution in [2.45, 2.75) is 13.5 Å². The highest BCUT2D eigenvalue weighted by Gasteiger charge is 2.04. The highest BCUT2D eigenvalue weighted by Crippen LogP contribution is 2.12. The van der Waals surface area contributed by atoms with Gasteiger partial charge in [-0.3, -0.25) is 4.79 Å². The van der Waals surface area contributed by atoms with Gasteiger partial charge in [-0.05, 0) is 36.8 Å². The zero-order valence-corrected chi connectivity index (χ0v) is 14.6. The molecule has 26 heavy (non-hydrogen) atoms. The van der Waals surface area contributed by atoms with Crippen molar-refractivity contribution in [3.63, 3.8) is 0 Å². The molecule has 0 bridgehead atoms. The Labute approximate surface area is 153 Å². The molecule has 3 aromatic rings. The van der Waals surface area contributed by atoms with Crippen molar-refractivity contribution < 1.29 is 9.53 Å². The van der Waals surface area contributed by atoms with E-state index in [4.69, 9.17) is 4.74 Å². The van der Waals surface area contributed by atoms with Gasteiger partial charge in [0.2, 0.25) is 0 Å². The molecule has 1 aromatic heterocycles. The lowest BCUT2D eigenvalue weighted by atomic mass is 10.1. The zero-order valence-electron chi connectivity index (χ0n) is 14.6. The lowest BCUT2D eigenvalue weighted by Crippen LogP contribution is -2.20. The second-order valence-electron chi connectivity index (χ2n) is 5.92. The molecule has 0 saturated heterocycles. The van der Waals surface area contributed by atoms with E-state index in [-0.39, 0.29) is 12.5 Å². The van der Waals surface area contributed by atoms with Gasteiger partial charge in [-0.25, -0.2) is 4.98 Å². The Hall–Kier alpha value is -3.34. The number of hydrogen-bond donors (Lipinski definition) is 2. The normalized spacial score (nSPS) is 10.2. The van der Waals surface area contributed by atoms with E-state index in [0.29, 0.717) is 18.0 Å². The van der Waals surface area contributed by atoms with Gasteiger partial charge in [0.1, 0.15) is 11.6 Å². The summed E-state index contributed by atoms with van der Waals surface area (Å²) in [5, 5.41) is 6.02. The molecule has 0 aliphatic heterocycles. The van der Waals surface area contributed by atoms with Crippen LogP contribution in [0.1, 0.15) is 11.1 Å². The number of rotatable bonds is 7. The van der Waals surface area contributed by atoms with Gasteiger partial charge < -0.3 is 15.4 Å². The van der Waals surface area contributed by atoms with Crippen LogP contribution in [0, 0.1) is 6.92 Å². The van der Waals surface area contributed by atoms with Crippen LogP contribution in [0.2, 0.25) is 0 Å². The van der Waals surface area contributed by atoms with Crippen molar-refractivity contribution in [1.29, 1.82) is 0 Å². The minimum absolute atomic E-state index is 0.0442. The Bertz CT molecular complexity index is 831. The topological polar surface area (TPSA) is 63.2 Å². The number of hydrogen-bond acceptors (Lipinski definition) is 4. The zero-order chi connectivity index (χ0) is 18.2. The van der Waals surface area contributed by atoms with Gasteiger partial charge in [0, 0.05) is 6.54 Å². The Morgan fingerprint density at radius 3 is 2.46 bits per heavy atom. The summed E-state index contributed by atoms with van der Waals surface area (Å²) in [6.45, 7) is 2.72. The lowest BCUT2D eigenvalue weighted by Gasteiger charge is -2.09. The molecule has 5 nitrogen and oxygen atoms in total. The fourth-order valence-corrected chi connectivity index (χ4v) is 2.33. The average Bonchev–Trinajstić information content (AvgIpc) is 2.68. The fourth-order valence-electron chi connectivity index (χ4n) is 2.33. The van der Waals surface area contributed by atoms with Crippen molar-refractivity contribution >= 4 is 17.4 Å². The number of carbonyl (C=O) groups is 1. The van der Waals surface area contributed by atoms with E-state index >= 15 is 0 Å². The van der Waals surface area contributed by atoms with Crippen LogP contribution in [-0.2, 0) is 11.3 Å². The molecule has 0 atom stereocenters. The summed E-state index contributed by atoms with van der Waals surface area (Å²) in [7, 11) is 0. The van der Waals surface area contributed by atoms with Crippen molar-refractivity contribution in [2.75, 3.05) is 17.2 Å². The molecule has 3 rings (SSSR count). The SMILES string of the molecule is Cc1ccc(CNc2ccc(NC(=O)COc3ccccc3)cn2)cc1. The predicted octanol–water partition coefficient (Wildman–Crippen LogP) is 4.02. The minimum atomic E-state index is -0.226. The molecule has 0 spiro atoms. The number of benzene rings is 2. The van der Waals surface area contributed by atoms with Crippen molar-refractivity contribution in [1.82, 2.24) is 4.98 Å². The molecule has 1 amide bonds. The Morgan fingerprint density at radius 1 is 1.00 bits per heavy atom. The molecule has 2 N–H and O–H groups in total. The number of nitrogens with one attached hydrogen (secondary N) is 2. The maximum Gasteiger partial charge on any atom is 0.262 e. The van der Waals surface area contributed by atoms with E-state index in [9.17, 15) is 4.79 Å². The van der Waals surface area contributed by atoms with Crippen molar-refractivity contribution in [3.05, 3.63) is 84.1 Å². The Morgan fingerprint density at radius 2 is 1.77 bits per heavy atom. The molecular weight excluding hydrogens is 326 g/mol. The molecule has 5 heteroatoms. The third-order valence-corrected chi connectivity index (χ3v) is 3.75. The van der Waals surface area contributed by atoms with Crippen LogP contribution in [0.15, 0.2) is 72.9 Å². The van der Waals surface area contributed by atoms with E-state index < -0.39 is 0 Å². The molecule has 0 unspecified atom stereocenters. The number of anilines is 2. The van der Waals surface area contributed by atoms with E-state index in [0.717, 1.165) is 5.82 Å². The molecule has 0 radical (unpaired) electrons. The van der Waals surface area contributed by atoms with E-state index in [2.05, 4.69) is 46.8 Å². The third-order valence-electron chi connectivity index (χ3n) is 3.75. The number of aryl methyl sites for hydroxylation is 1. The Balaban J connectivity index is 1.46. The van der Waals surface area contributed by atoms with Crippen LogP contribution in [0.5, 0.6) is 5.75 Å². The molecule has 1 heterocycles. The average molecular weight is 347 g/mol. The molecule has 0 saturated carbocycles. The molecule has 0 aliphatic rings. The summed E-state index contributed by atoms with van der Waals surface area (Å²) < 4.78 is 5.41. The molecule has 0 fully saturated rings. The quantitative estimate of drug-likeness (QED) is 0.678. The standard InChI is InChI=1S/C21H21N3O2/c1-16-7-9-17(10-8-16)13-22-20-12-11-18(14-23-20)24-21(25)15-26-19-5-3-2-4-6-19/h2-12,14H,13,15H2,1H3,(H,22,23)(H,24,25). The van der Waals surface area contributed by atoms with Crippen LogP contribution in [0.3, 0.4) is 0 Å². The van der Waals surface area contributed by atoms with Gasteiger partial charge in [-0.1, -0.05) is 48.0 Å². The Kier molecular flexibility index (Phi) is 5.83. The summed E-state index contributed by atoms with van der Waals surface area (Å²) in [5.74, 6) is 1.19. The predicted molar refractivity (Wildman–Crippen MR) is 103 cm³/mol. The highest BCUT2D eigenvalue weighted by molar-refractivity contribution is 5.91. The first-order valence-corrected chi connectivity index (χ1v) is 8.42. The number of ether oxygens (including phenoxy) is 1. The maximum absolute atomic E-state index is 11.9. The first-order valence-electron chi connectivity index (χ1n) is 8.42.